The van der Waals surface area contributed by atoms with E-state index in [0.717, 1.165) is 36.0 Å². The molecule has 0 aliphatic carbocycles. The number of halogens is 1. The first-order valence-corrected chi connectivity index (χ1v) is 10.2. The number of aromatic nitrogens is 1. The first-order valence-electron chi connectivity index (χ1n) is 9.37. The van der Waals surface area contributed by atoms with E-state index in [2.05, 4.69) is 16.3 Å². The first-order chi connectivity index (χ1) is 13.3. The zero-order valence-electron chi connectivity index (χ0n) is 15.1. The molecule has 1 aliphatic heterocycles. The second-order valence-electron chi connectivity index (χ2n) is 6.83. The van der Waals surface area contributed by atoms with Crippen LogP contribution in [0.3, 0.4) is 0 Å². The van der Waals surface area contributed by atoms with Crippen LogP contribution in [-0.4, -0.2) is 16.4 Å². The van der Waals surface area contributed by atoms with E-state index in [4.69, 9.17) is 14.1 Å². The van der Waals surface area contributed by atoms with E-state index in [-0.39, 0.29) is 5.82 Å². The zero-order valence-corrected chi connectivity index (χ0v) is 16.0. The standard InChI is InChI=1S/C21H23FN2O2S/c22-16-7-9-18(10-8-16)26-14-21-23-17(15-27-21)13-24-11-3-1-2-5-19(24)20-6-4-12-25-20/h4,6-10,12,15,19H,1-3,5,11,13-14H2. The molecular weight excluding hydrogens is 363 g/mol. The maximum atomic E-state index is 13.0. The fourth-order valence-corrected chi connectivity index (χ4v) is 4.23. The molecule has 6 heteroatoms. The van der Waals surface area contributed by atoms with Crippen molar-refractivity contribution in [2.75, 3.05) is 6.54 Å². The van der Waals surface area contributed by atoms with E-state index in [0.29, 0.717) is 18.4 Å². The predicted octanol–water partition coefficient (Wildman–Crippen LogP) is 5.57. The highest BCUT2D eigenvalue weighted by Gasteiger charge is 2.25. The van der Waals surface area contributed by atoms with Gasteiger partial charge in [0.2, 0.25) is 0 Å². The number of hydrogen-bond acceptors (Lipinski definition) is 5. The van der Waals surface area contributed by atoms with Gasteiger partial charge in [-0.15, -0.1) is 11.3 Å². The molecule has 4 rings (SSSR count). The molecule has 1 aliphatic rings. The van der Waals surface area contributed by atoms with E-state index in [9.17, 15) is 4.39 Å². The van der Waals surface area contributed by atoms with E-state index < -0.39 is 0 Å². The summed E-state index contributed by atoms with van der Waals surface area (Å²) in [5.74, 6) is 1.44. The fraction of sp³-hybridized carbons (Fsp3) is 0.381. The van der Waals surface area contributed by atoms with Gasteiger partial charge in [0, 0.05) is 11.9 Å². The highest BCUT2D eigenvalue weighted by molar-refractivity contribution is 7.09. The summed E-state index contributed by atoms with van der Waals surface area (Å²) in [6.45, 7) is 2.28. The molecule has 2 aromatic heterocycles. The molecule has 1 unspecified atom stereocenters. The van der Waals surface area contributed by atoms with Crippen LogP contribution in [0, 0.1) is 5.82 Å². The monoisotopic (exact) mass is 386 g/mol. The topological polar surface area (TPSA) is 38.5 Å². The lowest BCUT2D eigenvalue weighted by molar-refractivity contribution is 0.168. The molecule has 1 atom stereocenters. The summed E-state index contributed by atoms with van der Waals surface area (Å²) < 4.78 is 24.4. The molecule has 0 spiro atoms. The van der Waals surface area contributed by atoms with Gasteiger partial charge in [0.15, 0.2) is 0 Å². The van der Waals surface area contributed by atoms with Crippen LogP contribution in [0.4, 0.5) is 4.39 Å². The summed E-state index contributed by atoms with van der Waals surface area (Å²) in [5.41, 5.74) is 1.07. The van der Waals surface area contributed by atoms with E-state index in [1.54, 1.807) is 29.7 Å². The van der Waals surface area contributed by atoms with Crippen LogP contribution in [0.15, 0.2) is 52.5 Å². The summed E-state index contributed by atoms with van der Waals surface area (Å²) in [4.78, 5) is 7.21. The van der Waals surface area contributed by atoms with E-state index in [1.807, 2.05) is 6.07 Å². The van der Waals surface area contributed by atoms with Gasteiger partial charge in [-0.05, 0) is 55.8 Å². The van der Waals surface area contributed by atoms with Gasteiger partial charge >= 0.3 is 0 Å². The number of hydrogen-bond donors (Lipinski definition) is 0. The van der Waals surface area contributed by atoms with Crippen LogP contribution in [0.2, 0.25) is 0 Å². The van der Waals surface area contributed by atoms with Gasteiger partial charge in [-0.3, -0.25) is 4.90 Å². The number of rotatable bonds is 6. The minimum absolute atomic E-state index is 0.262. The summed E-state index contributed by atoms with van der Waals surface area (Å²) in [6, 6.07) is 10.4. The lowest BCUT2D eigenvalue weighted by Gasteiger charge is -2.27. The maximum absolute atomic E-state index is 13.0. The average molecular weight is 386 g/mol. The van der Waals surface area contributed by atoms with Crippen molar-refractivity contribution in [1.82, 2.24) is 9.88 Å². The minimum Gasteiger partial charge on any atom is -0.486 e. The third-order valence-corrected chi connectivity index (χ3v) is 5.75. The largest absolute Gasteiger partial charge is 0.486 e. The van der Waals surface area contributed by atoms with Gasteiger partial charge in [0.05, 0.1) is 18.0 Å². The van der Waals surface area contributed by atoms with Crippen molar-refractivity contribution >= 4 is 11.3 Å². The van der Waals surface area contributed by atoms with Gasteiger partial charge in [0.25, 0.3) is 0 Å². The Hall–Kier alpha value is -2.18. The Morgan fingerprint density at radius 2 is 2.07 bits per heavy atom. The van der Waals surface area contributed by atoms with Crippen LogP contribution in [-0.2, 0) is 13.2 Å². The molecule has 0 bridgehead atoms. The third kappa shape index (κ3) is 4.76. The Morgan fingerprint density at radius 1 is 1.19 bits per heavy atom. The highest BCUT2D eigenvalue weighted by Crippen LogP contribution is 2.31. The predicted molar refractivity (Wildman–Crippen MR) is 103 cm³/mol. The zero-order chi connectivity index (χ0) is 18.5. The van der Waals surface area contributed by atoms with Crippen molar-refractivity contribution in [3.05, 3.63) is 70.3 Å². The van der Waals surface area contributed by atoms with E-state index in [1.165, 1.54) is 31.4 Å². The van der Waals surface area contributed by atoms with Crippen molar-refractivity contribution in [3.63, 3.8) is 0 Å². The van der Waals surface area contributed by atoms with Crippen LogP contribution in [0.25, 0.3) is 0 Å². The maximum Gasteiger partial charge on any atom is 0.140 e. The molecule has 3 aromatic rings. The van der Waals surface area contributed by atoms with Gasteiger partial charge < -0.3 is 9.15 Å². The number of furan rings is 1. The fourth-order valence-electron chi connectivity index (χ4n) is 3.53. The average Bonchev–Trinajstić information content (AvgIpc) is 3.31. The number of nitrogens with zero attached hydrogens (tertiary/aromatic N) is 2. The molecule has 1 aromatic carbocycles. The van der Waals surface area contributed by atoms with Crippen LogP contribution in [0.5, 0.6) is 5.75 Å². The molecule has 4 nitrogen and oxygen atoms in total. The molecule has 27 heavy (non-hydrogen) atoms. The second-order valence-corrected chi connectivity index (χ2v) is 7.77. The molecule has 0 radical (unpaired) electrons. The van der Waals surface area contributed by atoms with Crippen molar-refractivity contribution in [1.29, 1.82) is 0 Å². The number of benzene rings is 1. The van der Waals surface area contributed by atoms with Crippen LogP contribution < -0.4 is 4.74 Å². The smallest absolute Gasteiger partial charge is 0.140 e. The lowest BCUT2D eigenvalue weighted by Crippen LogP contribution is -2.28. The summed E-state index contributed by atoms with van der Waals surface area (Å²) >= 11 is 1.60. The minimum atomic E-state index is -0.262. The molecule has 0 amide bonds. The van der Waals surface area contributed by atoms with Crippen molar-refractivity contribution < 1.29 is 13.5 Å². The Labute approximate surface area is 162 Å². The van der Waals surface area contributed by atoms with Gasteiger partial charge in [-0.2, -0.15) is 0 Å². The summed E-state index contributed by atoms with van der Waals surface area (Å²) in [5, 5.41) is 3.03. The molecule has 1 saturated heterocycles. The Balaban J connectivity index is 1.39. The Bertz CT molecular complexity index is 832. The van der Waals surface area contributed by atoms with Gasteiger partial charge in [-0.1, -0.05) is 12.8 Å². The molecule has 1 fully saturated rings. The highest BCUT2D eigenvalue weighted by atomic mass is 32.1. The molecule has 0 saturated carbocycles. The van der Waals surface area contributed by atoms with Gasteiger partial charge in [0.1, 0.15) is 28.9 Å². The van der Waals surface area contributed by atoms with Crippen molar-refractivity contribution in [2.24, 2.45) is 0 Å². The molecule has 3 heterocycles. The summed E-state index contributed by atoms with van der Waals surface area (Å²) in [6.07, 6.45) is 6.59. The van der Waals surface area contributed by atoms with Crippen molar-refractivity contribution in [2.45, 2.75) is 44.9 Å². The number of ether oxygens (including phenoxy) is 1. The van der Waals surface area contributed by atoms with Crippen LogP contribution >= 0.6 is 11.3 Å². The van der Waals surface area contributed by atoms with Crippen molar-refractivity contribution in [3.8, 4) is 5.75 Å². The van der Waals surface area contributed by atoms with Crippen LogP contribution in [0.1, 0.15) is 48.2 Å². The quantitative estimate of drug-likeness (QED) is 0.555. The summed E-state index contributed by atoms with van der Waals surface area (Å²) in [7, 11) is 0. The number of thiazole rings is 1. The first kappa shape index (κ1) is 18.2. The van der Waals surface area contributed by atoms with E-state index >= 15 is 0 Å². The van der Waals surface area contributed by atoms with Gasteiger partial charge in [-0.25, -0.2) is 9.37 Å². The SMILES string of the molecule is Fc1ccc(OCc2nc(CN3CCCCCC3c3ccco3)cs2)cc1. The normalized spacial score (nSPS) is 18.3. The Kier molecular flexibility index (Phi) is 5.84. The molecule has 142 valence electrons. The molecule has 0 N–H and O–H groups in total. The second kappa shape index (κ2) is 8.67. The molecular formula is C21H23FN2O2S. The Morgan fingerprint density at radius 3 is 2.89 bits per heavy atom. The number of likely N-dealkylation sites (tertiary alicyclic amines) is 1. The lowest BCUT2D eigenvalue weighted by atomic mass is 10.1. The third-order valence-electron chi connectivity index (χ3n) is 4.88.